The molecule has 2 aliphatic rings. The molecule has 0 aromatic heterocycles. The van der Waals surface area contributed by atoms with E-state index in [0.29, 0.717) is 18.1 Å². The van der Waals surface area contributed by atoms with Crippen molar-refractivity contribution in [3.63, 3.8) is 0 Å². The molecule has 1 fully saturated rings. The van der Waals surface area contributed by atoms with E-state index >= 15 is 0 Å². The van der Waals surface area contributed by atoms with Gasteiger partial charge in [-0.25, -0.2) is 0 Å². The minimum absolute atomic E-state index is 0.292. The summed E-state index contributed by atoms with van der Waals surface area (Å²) in [5.74, 6) is 1.60. The van der Waals surface area contributed by atoms with Gasteiger partial charge in [0.05, 0.1) is 6.61 Å². The molecule has 3 rings (SSSR count). The fraction of sp³-hybridized carbons (Fsp3) is 0.600. The third-order valence-corrected chi connectivity index (χ3v) is 4.13. The summed E-state index contributed by atoms with van der Waals surface area (Å²) in [5.41, 5.74) is 2.59. The summed E-state index contributed by atoms with van der Waals surface area (Å²) < 4.78 is 11.7. The van der Waals surface area contributed by atoms with Crippen LogP contribution in [0.5, 0.6) is 5.75 Å². The average Bonchev–Trinajstić information content (AvgIpc) is 2.91. The van der Waals surface area contributed by atoms with E-state index in [4.69, 9.17) is 9.47 Å². The van der Waals surface area contributed by atoms with Gasteiger partial charge in [0.25, 0.3) is 0 Å². The maximum absolute atomic E-state index is 6.18. The van der Waals surface area contributed by atoms with E-state index in [1.54, 1.807) is 0 Å². The average molecular weight is 247 g/mol. The lowest BCUT2D eigenvalue weighted by molar-refractivity contribution is 0.0813. The van der Waals surface area contributed by atoms with Gasteiger partial charge < -0.3 is 14.8 Å². The van der Waals surface area contributed by atoms with Crippen LogP contribution >= 0.6 is 0 Å². The van der Waals surface area contributed by atoms with Gasteiger partial charge in [-0.3, -0.25) is 0 Å². The van der Waals surface area contributed by atoms with Crippen LogP contribution in [0.1, 0.15) is 30.0 Å². The van der Waals surface area contributed by atoms with Crippen LogP contribution in [0.3, 0.4) is 0 Å². The number of aryl methyl sites for hydroxylation is 1. The molecule has 0 spiro atoms. The van der Waals surface area contributed by atoms with E-state index in [9.17, 15) is 0 Å². The Morgan fingerprint density at radius 3 is 2.94 bits per heavy atom. The van der Waals surface area contributed by atoms with Crippen LogP contribution in [-0.4, -0.2) is 26.4 Å². The number of benzene rings is 1. The molecule has 3 heteroatoms. The van der Waals surface area contributed by atoms with E-state index in [2.05, 4.69) is 30.4 Å². The highest BCUT2D eigenvalue weighted by molar-refractivity contribution is 5.41. The Morgan fingerprint density at radius 1 is 1.33 bits per heavy atom. The number of hydrogen-bond donors (Lipinski definition) is 1. The van der Waals surface area contributed by atoms with Crippen molar-refractivity contribution >= 4 is 0 Å². The van der Waals surface area contributed by atoms with Crippen molar-refractivity contribution in [3.05, 3.63) is 29.3 Å². The lowest BCUT2D eigenvalue weighted by Gasteiger charge is -2.35. The second-order valence-corrected chi connectivity index (χ2v) is 5.40. The van der Waals surface area contributed by atoms with E-state index < -0.39 is 0 Å². The first-order valence-corrected chi connectivity index (χ1v) is 6.80. The van der Waals surface area contributed by atoms with E-state index in [0.717, 1.165) is 31.8 Å². The third-order valence-electron chi connectivity index (χ3n) is 4.13. The predicted octanol–water partition coefficient (Wildman–Crippen LogP) is 2.44. The molecule has 2 heterocycles. The van der Waals surface area contributed by atoms with Gasteiger partial charge >= 0.3 is 0 Å². The van der Waals surface area contributed by atoms with Gasteiger partial charge in [0.2, 0.25) is 0 Å². The van der Waals surface area contributed by atoms with Gasteiger partial charge in [0.15, 0.2) is 0 Å². The lowest BCUT2D eigenvalue weighted by atomic mass is 9.89. The molecule has 3 unspecified atom stereocenters. The minimum atomic E-state index is 0.292. The Labute approximate surface area is 108 Å². The Hall–Kier alpha value is -1.06. The lowest BCUT2D eigenvalue weighted by Crippen LogP contribution is -2.36. The van der Waals surface area contributed by atoms with Crippen molar-refractivity contribution in [2.45, 2.75) is 31.9 Å². The van der Waals surface area contributed by atoms with Crippen molar-refractivity contribution in [1.29, 1.82) is 0 Å². The van der Waals surface area contributed by atoms with Crippen LogP contribution in [0, 0.1) is 12.8 Å². The first-order chi connectivity index (χ1) is 8.78. The SMILES string of the molecule is CNC1CC(C2CCOC2)Oc2ccc(C)cc21. The van der Waals surface area contributed by atoms with E-state index in [-0.39, 0.29) is 0 Å². The monoisotopic (exact) mass is 247 g/mol. The molecule has 0 aliphatic carbocycles. The molecule has 0 radical (unpaired) electrons. The quantitative estimate of drug-likeness (QED) is 0.870. The van der Waals surface area contributed by atoms with Crippen LogP contribution in [0.4, 0.5) is 0 Å². The molecule has 98 valence electrons. The summed E-state index contributed by atoms with van der Waals surface area (Å²) in [6.45, 7) is 3.86. The number of rotatable bonds is 2. The summed E-state index contributed by atoms with van der Waals surface area (Å²) in [4.78, 5) is 0. The highest BCUT2D eigenvalue weighted by Gasteiger charge is 2.34. The van der Waals surface area contributed by atoms with Gasteiger partial charge in [0, 0.05) is 30.6 Å². The molecule has 0 amide bonds. The zero-order chi connectivity index (χ0) is 12.5. The van der Waals surface area contributed by atoms with Gasteiger partial charge in [-0.15, -0.1) is 0 Å². The van der Waals surface area contributed by atoms with Gasteiger partial charge in [-0.05, 0) is 26.5 Å². The predicted molar refractivity (Wildman–Crippen MR) is 70.9 cm³/mol. The minimum Gasteiger partial charge on any atom is -0.490 e. The first kappa shape index (κ1) is 12.0. The second kappa shape index (κ2) is 4.90. The summed E-state index contributed by atoms with van der Waals surface area (Å²) >= 11 is 0. The van der Waals surface area contributed by atoms with Gasteiger partial charge in [-0.2, -0.15) is 0 Å². The number of hydrogen-bond acceptors (Lipinski definition) is 3. The highest BCUT2D eigenvalue weighted by atomic mass is 16.5. The maximum atomic E-state index is 6.18. The fourth-order valence-electron chi connectivity index (χ4n) is 3.03. The summed E-state index contributed by atoms with van der Waals surface area (Å²) in [7, 11) is 2.03. The number of ether oxygens (including phenoxy) is 2. The Morgan fingerprint density at radius 2 is 2.22 bits per heavy atom. The zero-order valence-corrected chi connectivity index (χ0v) is 11.1. The molecular weight excluding hydrogens is 226 g/mol. The molecule has 18 heavy (non-hydrogen) atoms. The van der Waals surface area contributed by atoms with Crippen molar-refractivity contribution in [2.24, 2.45) is 5.92 Å². The topological polar surface area (TPSA) is 30.5 Å². The normalized spacial score (nSPS) is 30.9. The van der Waals surface area contributed by atoms with Crippen LogP contribution < -0.4 is 10.1 Å². The molecule has 2 aliphatic heterocycles. The van der Waals surface area contributed by atoms with Crippen LogP contribution in [0.2, 0.25) is 0 Å². The van der Waals surface area contributed by atoms with Gasteiger partial charge in [0.1, 0.15) is 11.9 Å². The largest absolute Gasteiger partial charge is 0.490 e. The van der Waals surface area contributed by atoms with Crippen molar-refractivity contribution in [1.82, 2.24) is 5.32 Å². The highest BCUT2D eigenvalue weighted by Crippen LogP contribution is 2.38. The molecular formula is C15H21NO2. The van der Waals surface area contributed by atoms with Crippen LogP contribution in [0.15, 0.2) is 18.2 Å². The molecule has 0 bridgehead atoms. The fourth-order valence-corrected chi connectivity index (χ4v) is 3.03. The zero-order valence-electron chi connectivity index (χ0n) is 11.1. The molecule has 3 nitrogen and oxygen atoms in total. The molecule has 1 N–H and O–H groups in total. The molecule has 1 aromatic rings. The summed E-state index contributed by atoms with van der Waals surface area (Å²) in [6.07, 6.45) is 2.46. The summed E-state index contributed by atoms with van der Waals surface area (Å²) in [6, 6.07) is 6.87. The van der Waals surface area contributed by atoms with Crippen LogP contribution in [-0.2, 0) is 4.74 Å². The molecule has 0 saturated carbocycles. The second-order valence-electron chi connectivity index (χ2n) is 5.40. The number of fused-ring (bicyclic) bond motifs is 1. The maximum Gasteiger partial charge on any atom is 0.124 e. The van der Waals surface area contributed by atoms with Crippen LogP contribution in [0.25, 0.3) is 0 Å². The van der Waals surface area contributed by atoms with Gasteiger partial charge in [-0.1, -0.05) is 17.7 Å². The Balaban J connectivity index is 1.86. The third kappa shape index (κ3) is 2.13. The Bertz CT molecular complexity index is 427. The van der Waals surface area contributed by atoms with Crippen molar-refractivity contribution in [2.75, 3.05) is 20.3 Å². The molecule has 1 saturated heterocycles. The smallest absolute Gasteiger partial charge is 0.124 e. The van der Waals surface area contributed by atoms with Crippen molar-refractivity contribution < 1.29 is 9.47 Å². The number of nitrogens with one attached hydrogen (secondary N) is 1. The first-order valence-electron chi connectivity index (χ1n) is 6.80. The summed E-state index contributed by atoms with van der Waals surface area (Å²) in [5, 5.41) is 3.42. The van der Waals surface area contributed by atoms with E-state index in [1.807, 2.05) is 7.05 Å². The standard InChI is InChI=1S/C15H21NO2/c1-10-3-4-14-12(7-10)13(16-2)8-15(18-14)11-5-6-17-9-11/h3-4,7,11,13,15-16H,5-6,8-9H2,1-2H3. The molecule has 1 aromatic carbocycles. The molecule has 3 atom stereocenters. The van der Waals surface area contributed by atoms with E-state index in [1.165, 1.54) is 11.1 Å². The van der Waals surface area contributed by atoms with Crippen molar-refractivity contribution in [3.8, 4) is 5.75 Å². The Kier molecular flexibility index (Phi) is 3.27.